The normalized spacial score (nSPS) is 20.5. The Bertz CT molecular complexity index is 1130. The molecular formula is C27H33N5O4. The number of ether oxygens (including phenoxy) is 1. The van der Waals surface area contributed by atoms with Crippen molar-refractivity contribution in [2.75, 3.05) is 43.0 Å². The molecule has 0 bridgehead atoms. The van der Waals surface area contributed by atoms with Crippen molar-refractivity contribution >= 4 is 29.2 Å². The summed E-state index contributed by atoms with van der Waals surface area (Å²) in [6.45, 7) is 4.20. The van der Waals surface area contributed by atoms with Crippen LogP contribution in [0.25, 0.3) is 0 Å². The van der Waals surface area contributed by atoms with Gasteiger partial charge in [0.2, 0.25) is 17.7 Å². The predicted octanol–water partition coefficient (Wildman–Crippen LogP) is 2.37. The summed E-state index contributed by atoms with van der Waals surface area (Å²) in [7, 11) is 0. The lowest BCUT2D eigenvalue weighted by atomic mass is 9.91. The molecule has 1 aromatic heterocycles. The first-order chi connectivity index (χ1) is 17.5. The Morgan fingerprint density at radius 2 is 1.81 bits per heavy atom. The lowest BCUT2D eigenvalue weighted by molar-refractivity contribution is -0.134. The minimum atomic E-state index is -0.282. The lowest BCUT2D eigenvalue weighted by Crippen LogP contribution is -2.40. The second kappa shape index (κ2) is 11.1. The Balaban J connectivity index is 1.02. The number of piperidine rings is 2. The van der Waals surface area contributed by atoms with Gasteiger partial charge in [0.1, 0.15) is 18.2 Å². The number of aryl methyl sites for hydroxylation is 1. The number of hydrogen-bond donors (Lipinski definition) is 3. The van der Waals surface area contributed by atoms with Gasteiger partial charge in [0, 0.05) is 44.4 Å². The van der Waals surface area contributed by atoms with Crippen molar-refractivity contribution in [3.8, 4) is 5.75 Å². The summed E-state index contributed by atoms with van der Waals surface area (Å²) in [5.41, 5.74) is 2.95. The fourth-order valence-electron chi connectivity index (χ4n) is 5.20. The highest BCUT2D eigenvalue weighted by molar-refractivity contribution is 6.01. The topological polar surface area (TPSA) is 113 Å². The number of aromatic nitrogens is 1. The highest BCUT2D eigenvalue weighted by atomic mass is 16.5. The molecule has 3 N–H and O–H groups in total. The molecule has 0 aliphatic carbocycles. The summed E-state index contributed by atoms with van der Waals surface area (Å²) in [5.74, 6) is 1.74. The third-order valence-corrected chi connectivity index (χ3v) is 7.30. The van der Waals surface area contributed by atoms with Crippen LogP contribution in [0.5, 0.6) is 5.75 Å². The summed E-state index contributed by atoms with van der Waals surface area (Å²) >= 11 is 0. The van der Waals surface area contributed by atoms with Crippen molar-refractivity contribution in [3.63, 3.8) is 0 Å². The van der Waals surface area contributed by atoms with Gasteiger partial charge in [0.25, 0.3) is 0 Å². The number of hydrogen-bond acceptors (Lipinski definition) is 7. The van der Waals surface area contributed by atoms with E-state index in [2.05, 4.69) is 25.8 Å². The van der Waals surface area contributed by atoms with Gasteiger partial charge in [-0.25, -0.2) is 4.98 Å². The highest BCUT2D eigenvalue weighted by Crippen LogP contribution is 2.29. The van der Waals surface area contributed by atoms with Crippen LogP contribution in [0.3, 0.4) is 0 Å². The van der Waals surface area contributed by atoms with E-state index in [0.717, 1.165) is 73.8 Å². The van der Waals surface area contributed by atoms with E-state index in [9.17, 15) is 14.4 Å². The molecule has 1 aromatic carbocycles. The maximum Gasteiger partial charge on any atom is 0.234 e. The highest BCUT2D eigenvalue weighted by Gasteiger charge is 2.29. The summed E-state index contributed by atoms with van der Waals surface area (Å²) in [6, 6.07) is 9.73. The largest absolute Gasteiger partial charge is 0.492 e. The number of fused-ring (bicyclic) bond motifs is 1. The second-order valence-electron chi connectivity index (χ2n) is 9.80. The van der Waals surface area contributed by atoms with E-state index < -0.39 is 0 Å². The van der Waals surface area contributed by atoms with Crippen molar-refractivity contribution in [1.82, 2.24) is 15.6 Å². The van der Waals surface area contributed by atoms with E-state index in [1.54, 1.807) is 6.20 Å². The monoisotopic (exact) mass is 491 g/mol. The van der Waals surface area contributed by atoms with Crippen LogP contribution >= 0.6 is 0 Å². The first-order valence-corrected chi connectivity index (χ1v) is 12.9. The zero-order valence-electron chi connectivity index (χ0n) is 20.4. The van der Waals surface area contributed by atoms with Gasteiger partial charge in [-0.3, -0.25) is 19.7 Å². The Morgan fingerprint density at radius 3 is 2.64 bits per heavy atom. The van der Waals surface area contributed by atoms with Crippen molar-refractivity contribution in [2.45, 2.75) is 44.4 Å². The molecule has 3 aliphatic heterocycles. The van der Waals surface area contributed by atoms with Crippen molar-refractivity contribution in [1.29, 1.82) is 0 Å². The number of nitrogens with one attached hydrogen (secondary N) is 3. The van der Waals surface area contributed by atoms with Crippen molar-refractivity contribution in [2.24, 2.45) is 5.92 Å². The number of rotatable bonds is 8. The van der Waals surface area contributed by atoms with Gasteiger partial charge < -0.3 is 20.3 Å². The molecule has 2 fully saturated rings. The maximum atomic E-state index is 12.2. The molecule has 1 atom stereocenters. The van der Waals surface area contributed by atoms with E-state index in [0.29, 0.717) is 31.8 Å². The molecule has 3 aliphatic rings. The number of pyridine rings is 1. The van der Waals surface area contributed by atoms with Crippen molar-refractivity contribution in [3.05, 3.63) is 47.7 Å². The molecule has 3 amide bonds. The van der Waals surface area contributed by atoms with Gasteiger partial charge >= 0.3 is 0 Å². The average molecular weight is 492 g/mol. The molecule has 2 aromatic rings. The number of anilines is 2. The SMILES string of the molecule is O=C1CCC(c2ccnc(N3CCC(CNCCOc4ccc5c(c4)CCC(=O)N5)CC3)c2)C(=O)N1. The minimum Gasteiger partial charge on any atom is -0.492 e. The molecule has 1 unspecified atom stereocenters. The Kier molecular flexibility index (Phi) is 7.46. The van der Waals surface area contributed by atoms with Gasteiger partial charge in [-0.2, -0.15) is 0 Å². The molecule has 0 radical (unpaired) electrons. The van der Waals surface area contributed by atoms with Crippen LogP contribution in [0.15, 0.2) is 36.5 Å². The fourth-order valence-corrected chi connectivity index (χ4v) is 5.20. The van der Waals surface area contributed by atoms with Crippen LogP contribution in [0.4, 0.5) is 11.5 Å². The van der Waals surface area contributed by atoms with Crippen molar-refractivity contribution < 1.29 is 19.1 Å². The number of carbonyl (C=O) groups excluding carboxylic acids is 3. The number of carbonyl (C=O) groups is 3. The quantitative estimate of drug-likeness (QED) is 0.384. The zero-order valence-corrected chi connectivity index (χ0v) is 20.4. The van der Waals surface area contributed by atoms with Gasteiger partial charge in [-0.15, -0.1) is 0 Å². The number of nitrogens with zero attached hydrogens (tertiary/aromatic N) is 2. The minimum absolute atomic E-state index is 0.0724. The van der Waals surface area contributed by atoms with E-state index in [-0.39, 0.29) is 23.6 Å². The van der Waals surface area contributed by atoms with Crippen LogP contribution in [-0.4, -0.2) is 55.5 Å². The standard InChI is InChI=1S/C27H33N5O4/c33-25-5-1-20-15-21(2-4-23(20)30-25)36-14-11-28-17-18-8-12-32(13-9-18)24-16-19(7-10-29-24)22-3-6-26(34)31-27(22)35/h2,4,7,10,15-16,18,22,28H,1,3,5-6,8-9,11-14,17H2,(H,30,33)(H,31,34,35). The summed E-state index contributed by atoms with van der Waals surface area (Å²) < 4.78 is 5.90. The van der Waals surface area contributed by atoms with Gasteiger partial charge in [-0.05, 0) is 79.6 Å². The Hall–Kier alpha value is -3.46. The van der Waals surface area contributed by atoms with E-state index in [4.69, 9.17) is 4.74 Å². The van der Waals surface area contributed by atoms with Crippen LogP contribution < -0.4 is 25.6 Å². The van der Waals surface area contributed by atoms with E-state index >= 15 is 0 Å². The zero-order chi connectivity index (χ0) is 24.9. The van der Waals surface area contributed by atoms with Gasteiger partial charge in [0.05, 0.1) is 5.92 Å². The number of benzene rings is 1. The molecular weight excluding hydrogens is 458 g/mol. The molecule has 0 spiro atoms. The molecule has 190 valence electrons. The summed E-state index contributed by atoms with van der Waals surface area (Å²) in [4.78, 5) is 42.0. The molecule has 9 heteroatoms. The lowest BCUT2D eigenvalue weighted by Gasteiger charge is -2.33. The van der Waals surface area contributed by atoms with Crippen LogP contribution in [0.1, 0.15) is 49.1 Å². The molecule has 2 saturated heterocycles. The van der Waals surface area contributed by atoms with Gasteiger partial charge in [0.15, 0.2) is 0 Å². The first-order valence-electron chi connectivity index (χ1n) is 12.9. The van der Waals surface area contributed by atoms with E-state index in [1.165, 1.54) is 0 Å². The van der Waals surface area contributed by atoms with Crippen LogP contribution in [0.2, 0.25) is 0 Å². The van der Waals surface area contributed by atoms with Crippen LogP contribution in [-0.2, 0) is 20.8 Å². The third kappa shape index (κ3) is 5.84. The predicted molar refractivity (Wildman–Crippen MR) is 136 cm³/mol. The fraction of sp³-hybridized carbons (Fsp3) is 0.481. The maximum absolute atomic E-state index is 12.2. The first kappa shape index (κ1) is 24.2. The Morgan fingerprint density at radius 1 is 0.972 bits per heavy atom. The molecule has 9 nitrogen and oxygen atoms in total. The molecule has 0 saturated carbocycles. The summed E-state index contributed by atoms with van der Waals surface area (Å²) in [6.07, 6.45) is 6.13. The van der Waals surface area contributed by atoms with Gasteiger partial charge in [-0.1, -0.05) is 0 Å². The molecule has 4 heterocycles. The molecule has 36 heavy (non-hydrogen) atoms. The molecule has 5 rings (SSSR count). The van der Waals surface area contributed by atoms with E-state index in [1.807, 2.05) is 30.3 Å². The summed E-state index contributed by atoms with van der Waals surface area (Å²) in [5, 5.41) is 8.86. The Labute approximate surface area is 211 Å². The third-order valence-electron chi connectivity index (χ3n) is 7.30. The number of imide groups is 1. The number of amides is 3. The van der Waals surface area contributed by atoms with Crippen LogP contribution in [0, 0.1) is 5.92 Å². The average Bonchev–Trinajstić information content (AvgIpc) is 2.89. The second-order valence-corrected chi connectivity index (χ2v) is 9.80. The smallest absolute Gasteiger partial charge is 0.234 e.